The first-order valence-electron chi connectivity index (χ1n) is 11.4. The number of rotatable bonds is 7. The third kappa shape index (κ3) is 4.07. The average Bonchev–Trinajstić information content (AvgIpc) is 3.16. The van der Waals surface area contributed by atoms with E-state index in [0.29, 0.717) is 28.5 Å². The highest BCUT2D eigenvalue weighted by molar-refractivity contribution is 6.00. The van der Waals surface area contributed by atoms with E-state index in [-0.39, 0.29) is 22.7 Å². The molecule has 33 heavy (non-hydrogen) atoms. The van der Waals surface area contributed by atoms with Crippen molar-refractivity contribution in [2.45, 2.75) is 52.2 Å². The van der Waals surface area contributed by atoms with E-state index in [2.05, 4.69) is 20.8 Å². The fourth-order valence-corrected chi connectivity index (χ4v) is 5.56. The summed E-state index contributed by atoms with van der Waals surface area (Å²) in [6.45, 7) is 6.70. The summed E-state index contributed by atoms with van der Waals surface area (Å²) in [7, 11) is 3.05. The largest absolute Gasteiger partial charge is 0.509 e. The van der Waals surface area contributed by atoms with E-state index in [1.54, 1.807) is 42.5 Å². The lowest BCUT2D eigenvalue weighted by Crippen LogP contribution is -2.38. The van der Waals surface area contributed by atoms with Crippen molar-refractivity contribution in [3.63, 3.8) is 0 Å². The van der Waals surface area contributed by atoms with E-state index in [1.807, 2.05) is 6.07 Å². The molecule has 0 amide bonds. The zero-order valence-corrected chi connectivity index (χ0v) is 19.9. The molecule has 176 valence electrons. The summed E-state index contributed by atoms with van der Waals surface area (Å²) in [5.74, 6) is 1.16. The van der Waals surface area contributed by atoms with Gasteiger partial charge >= 0.3 is 6.16 Å². The van der Waals surface area contributed by atoms with Gasteiger partial charge in [-0.05, 0) is 42.7 Å². The van der Waals surface area contributed by atoms with Gasteiger partial charge in [0.05, 0.1) is 14.2 Å². The molecule has 0 aliphatic heterocycles. The molecule has 2 saturated carbocycles. The smallest absolute Gasteiger partial charge is 0.497 e. The van der Waals surface area contributed by atoms with E-state index in [4.69, 9.17) is 18.9 Å². The monoisotopic (exact) mass is 452 g/mol. The van der Waals surface area contributed by atoms with Gasteiger partial charge in [-0.3, -0.25) is 4.79 Å². The van der Waals surface area contributed by atoms with Crippen molar-refractivity contribution in [2.75, 3.05) is 14.2 Å². The number of ether oxygens (including phenoxy) is 4. The molecule has 0 heterocycles. The standard InChI is InChI=1S/C27H32O6/c1-26(2)19-11-12-27(26,3)22(15-19)32-25(29)33-24(23(28)17-9-7-6-8-10-17)18-13-20(30-4)16-21(14-18)31-5/h6-10,13-14,16,19,22,24H,11-12,15H2,1-5H3/t19-,22-,24?,27+/m1/s1. The van der Waals surface area contributed by atoms with Crippen molar-refractivity contribution >= 4 is 11.9 Å². The van der Waals surface area contributed by atoms with Crippen LogP contribution in [0.25, 0.3) is 0 Å². The van der Waals surface area contributed by atoms with Gasteiger partial charge in [0.25, 0.3) is 0 Å². The Morgan fingerprint density at radius 2 is 1.61 bits per heavy atom. The Labute approximate surface area is 195 Å². The fraction of sp³-hybridized carbons (Fsp3) is 0.481. The number of hydrogen-bond acceptors (Lipinski definition) is 6. The predicted molar refractivity (Wildman–Crippen MR) is 124 cm³/mol. The lowest BCUT2D eigenvalue weighted by atomic mass is 9.70. The summed E-state index contributed by atoms with van der Waals surface area (Å²) >= 11 is 0. The van der Waals surface area contributed by atoms with Gasteiger partial charge in [-0.15, -0.1) is 0 Å². The van der Waals surface area contributed by atoms with Crippen LogP contribution in [0.4, 0.5) is 4.79 Å². The molecule has 0 saturated heterocycles. The number of Topliss-reactive ketones (excluding diaryl/α,β-unsaturated/α-hetero) is 1. The van der Waals surface area contributed by atoms with Crippen LogP contribution in [-0.4, -0.2) is 32.3 Å². The van der Waals surface area contributed by atoms with E-state index in [1.165, 1.54) is 14.2 Å². The van der Waals surface area contributed by atoms with Crippen LogP contribution in [0, 0.1) is 16.7 Å². The van der Waals surface area contributed by atoms with E-state index < -0.39 is 12.3 Å². The molecule has 2 bridgehead atoms. The summed E-state index contributed by atoms with van der Waals surface area (Å²) in [4.78, 5) is 26.4. The Bertz CT molecular complexity index is 1010. The highest BCUT2D eigenvalue weighted by Gasteiger charge is 2.63. The molecule has 2 aromatic carbocycles. The summed E-state index contributed by atoms with van der Waals surface area (Å²) < 4.78 is 22.3. The second kappa shape index (κ2) is 8.73. The third-order valence-electron chi connectivity index (χ3n) is 8.14. The molecule has 0 N–H and O–H groups in total. The Kier molecular flexibility index (Phi) is 6.12. The van der Waals surface area contributed by atoms with Gasteiger partial charge in [-0.1, -0.05) is 51.1 Å². The lowest BCUT2D eigenvalue weighted by molar-refractivity contribution is -0.0477. The van der Waals surface area contributed by atoms with Crippen molar-refractivity contribution in [1.82, 2.24) is 0 Å². The Morgan fingerprint density at radius 1 is 0.970 bits per heavy atom. The number of ketones is 1. The number of carbonyl (C=O) groups is 2. The van der Waals surface area contributed by atoms with Crippen LogP contribution >= 0.6 is 0 Å². The minimum absolute atomic E-state index is 0.0946. The van der Waals surface area contributed by atoms with Gasteiger partial charge in [0, 0.05) is 22.6 Å². The van der Waals surface area contributed by atoms with E-state index in [0.717, 1.165) is 19.3 Å². The molecule has 6 nitrogen and oxygen atoms in total. The Hall–Kier alpha value is -3.02. The lowest BCUT2D eigenvalue weighted by Gasteiger charge is -2.38. The maximum atomic E-state index is 13.4. The van der Waals surface area contributed by atoms with Gasteiger partial charge in [0.1, 0.15) is 17.6 Å². The summed E-state index contributed by atoms with van der Waals surface area (Å²) in [6.07, 6.45) is 0.734. The zero-order valence-electron chi connectivity index (χ0n) is 19.9. The molecule has 2 aromatic rings. The van der Waals surface area contributed by atoms with Crippen molar-refractivity contribution < 1.29 is 28.5 Å². The first-order valence-corrected chi connectivity index (χ1v) is 11.4. The van der Waals surface area contributed by atoms with Gasteiger partial charge in [-0.2, -0.15) is 0 Å². The van der Waals surface area contributed by atoms with Gasteiger partial charge in [-0.25, -0.2) is 4.79 Å². The van der Waals surface area contributed by atoms with Crippen LogP contribution in [0.5, 0.6) is 11.5 Å². The number of hydrogen-bond donors (Lipinski definition) is 0. The SMILES string of the molecule is COc1cc(OC)cc(C(OC(=O)O[C@@H]2C[C@H]3CC[C@]2(C)C3(C)C)C(=O)c2ccccc2)c1. The number of benzene rings is 2. The van der Waals surface area contributed by atoms with Gasteiger partial charge in [0.2, 0.25) is 5.78 Å². The first kappa shape index (κ1) is 23.1. The fourth-order valence-electron chi connectivity index (χ4n) is 5.56. The summed E-state index contributed by atoms with van der Waals surface area (Å²) in [5.41, 5.74) is 0.883. The predicted octanol–water partition coefficient (Wildman–Crippen LogP) is 6.00. The molecular weight excluding hydrogens is 420 g/mol. The number of methoxy groups -OCH3 is 2. The quantitative estimate of drug-likeness (QED) is 0.379. The molecule has 0 aromatic heterocycles. The highest BCUT2D eigenvalue weighted by Crippen LogP contribution is 2.66. The zero-order chi connectivity index (χ0) is 23.8. The van der Waals surface area contributed by atoms with Gasteiger partial charge < -0.3 is 18.9 Å². The second-order valence-electron chi connectivity index (χ2n) is 9.84. The van der Waals surface area contributed by atoms with Crippen LogP contribution in [0.2, 0.25) is 0 Å². The van der Waals surface area contributed by atoms with Gasteiger partial charge in [0.15, 0.2) is 6.10 Å². The number of fused-ring (bicyclic) bond motifs is 2. The molecule has 0 spiro atoms. The molecule has 2 aliphatic rings. The van der Waals surface area contributed by atoms with Crippen LogP contribution < -0.4 is 9.47 Å². The first-order chi connectivity index (χ1) is 15.7. The molecule has 0 radical (unpaired) electrons. The van der Waals surface area contributed by atoms with Crippen LogP contribution in [0.3, 0.4) is 0 Å². The van der Waals surface area contributed by atoms with Crippen molar-refractivity contribution in [3.05, 3.63) is 59.7 Å². The highest BCUT2D eigenvalue weighted by atomic mass is 16.7. The molecule has 2 fully saturated rings. The minimum Gasteiger partial charge on any atom is -0.497 e. The maximum absolute atomic E-state index is 13.4. The molecular formula is C27H32O6. The average molecular weight is 453 g/mol. The summed E-state index contributed by atoms with van der Waals surface area (Å²) in [6, 6.07) is 13.8. The number of carbonyl (C=O) groups excluding carboxylic acids is 2. The van der Waals surface area contributed by atoms with E-state index in [9.17, 15) is 9.59 Å². The molecule has 4 atom stereocenters. The maximum Gasteiger partial charge on any atom is 0.509 e. The Balaban J connectivity index is 1.61. The van der Waals surface area contributed by atoms with Crippen LogP contribution in [0.1, 0.15) is 62.1 Å². The molecule has 4 rings (SSSR count). The summed E-state index contributed by atoms with van der Waals surface area (Å²) in [5, 5.41) is 0. The topological polar surface area (TPSA) is 71.1 Å². The normalized spacial score (nSPS) is 25.8. The van der Waals surface area contributed by atoms with E-state index >= 15 is 0 Å². The third-order valence-corrected chi connectivity index (χ3v) is 8.14. The molecule has 6 heteroatoms. The second-order valence-corrected chi connectivity index (χ2v) is 9.84. The van der Waals surface area contributed by atoms with Crippen molar-refractivity contribution in [1.29, 1.82) is 0 Å². The molecule has 1 unspecified atom stereocenters. The van der Waals surface area contributed by atoms with Crippen molar-refractivity contribution in [3.8, 4) is 11.5 Å². The molecule has 2 aliphatic carbocycles. The van der Waals surface area contributed by atoms with Crippen LogP contribution in [-0.2, 0) is 9.47 Å². The van der Waals surface area contributed by atoms with Crippen molar-refractivity contribution in [2.24, 2.45) is 16.7 Å². The Morgan fingerprint density at radius 3 is 2.12 bits per heavy atom. The van der Waals surface area contributed by atoms with Crippen LogP contribution in [0.15, 0.2) is 48.5 Å². The minimum atomic E-state index is -1.19.